The Bertz CT molecular complexity index is 1340. The largest absolute Gasteiger partial charge is 0.339 e. The van der Waals surface area contributed by atoms with Gasteiger partial charge in [-0.3, -0.25) is 4.98 Å². The van der Waals surface area contributed by atoms with Gasteiger partial charge in [-0.05, 0) is 44.2 Å². The number of pyridine rings is 1. The summed E-state index contributed by atoms with van der Waals surface area (Å²) in [6.45, 7) is 3.06. The molecule has 1 aliphatic heterocycles. The quantitative estimate of drug-likeness (QED) is 0.525. The lowest BCUT2D eigenvalue weighted by atomic mass is 9.80. The zero-order chi connectivity index (χ0) is 24.9. The number of nitrogens with zero attached hydrogens (tertiary/aromatic N) is 5. The molecule has 8 nitrogen and oxygen atoms in total. The van der Waals surface area contributed by atoms with Crippen LogP contribution in [-0.4, -0.2) is 45.3 Å². The summed E-state index contributed by atoms with van der Waals surface area (Å²) < 4.78 is 18.7. The molecule has 0 spiro atoms. The van der Waals surface area contributed by atoms with E-state index in [2.05, 4.69) is 33.4 Å². The molecule has 2 amide bonds. The van der Waals surface area contributed by atoms with E-state index in [1.54, 1.807) is 11.0 Å². The third-order valence-corrected chi connectivity index (χ3v) is 7.68. The number of benzene rings is 1. The molecule has 9 heteroatoms. The second-order valence-electron chi connectivity index (χ2n) is 10.4. The highest BCUT2D eigenvalue weighted by atomic mass is 19.1. The molecule has 184 valence electrons. The number of likely N-dealkylation sites (tertiary alicyclic amines) is 1. The van der Waals surface area contributed by atoms with Crippen LogP contribution in [0.2, 0.25) is 0 Å². The van der Waals surface area contributed by atoms with Gasteiger partial charge in [0.2, 0.25) is 5.89 Å². The molecule has 3 heterocycles. The van der Waals surface area contributed by atoms with Gasteiger partial charge in [-0.15, -0.1) is 0 Å². The molecular formula is C27H27FN6O2. The van der Waals surface area contributed by atoms with Crippen LogP contribution in [0.1, 0.15) is 73.8 Å². The van der Waals surface area contributed by atoms with E-state index >= 15 is 0 Å². The standard InChI is InChI=1S/C27H27FN6O2/c1-27(25-32-24(36-33-25)20-13-21(20)28)9-11-34(12-10-27)26(35)31-23-17(14-29)3-2-4-19(23)18-7-8-22(30-15-18)16-5-6-16/h2-4,7-8,15-16,20-21H,5-6,9-13H2,1H3,(H,31,35)/t20-,21+/m1/s1. The lowest BCUT2D eigenvalue weighted by molar-refractivity contribution is 0.169. The van der Waals surface area contributed by atoms with Crippen LogP contribution in [0, 0.1) is 11.3 Å². The highest BCUT2D eigenvalue weighted by Crippen LogP contribution is 2.44. The molecular weight excluding hydrogens is 459 g/mol. The molecule has 0 radical (unpaired) electrons. The molecule has 1 aromatic carbocycles. The summed E-state index contributed by atoms with van der Waals surface area (Å²) >= 11 is 0. The molecule has 2 saturated carbocycles. The first kappa shape index (κ1) is 22.7. The lowest BCUT2D eigenvalue weighted by Gasteiger charge is -2.37. The minimum atomic E-state index is -0.884. The summed E-state index contributed by atoms with van der Waals surface area (Å²) in [5.74, 6) is 1.24. The van der Waals surface area contributed by atoms with Crippen LogP contribution in [-0.2, 0) is 5.41 Å². The zero-order valence-corrected chi connectivity index (χ0v) is 20.1. The lowest BCUT2D eigenvalue weighted by Crippen LogP contribution is -2.46. The van der Waals surface area contributed by atoms with Gasteiger partial charge in [0.15, 0.2) is 5.82 Å². The number of urea groups is 1. The first-order valence-electron chi connectivity index (χ1n) is 12.5. The van der Waals surface area contributed by atoms with Crippen LogP contribution >= 0.6 is 0 Å². The number of carbonyl (C=O) groups is 1. The number of amides is 2. The van der Waals surface area contributed by atoms with E-state index in [-0.39, 0.29) is 17.4 Å². The number of nitriles is 1. The van der Waals surface area contributed by atoms with Gasteiger partial charge in [0.05, 0.1) is 17.2 Å². The second kappa shape index (κ2) is 8.70. The van der Waals surface area contributed by atoms with Gasteiger partial charge in [-0.25, -0.2) is 9.18 Å². The maximum absolute atomic E-state index is 13.4. The minimum absolute atomic E-state index is 0.254. The number of hydrogen-bond donors (Lipinski definition) is 1. The fraction of sp³-hybridized carbons (Fsp3) is 0.444. The fourth-order valence-corrected chi connectivity index (χ4v) is 4.87. The number of para-hydroxylation sites is 1. The van der Waals surface area contributed by atoms with E-state index in [1.165, 1.54) is 12.8 Å². The number of alkyl halides is 1. The molecule has 2 aliphatic carbocycles. The van der Waals surface area contributed by atoms with E-state index < -0.39 is 6.17 Å². The third-order valence-electron chi connectivity index (χ3n) is 7.68. The number of carbonyl (C=O) groups excluding carboxylic acids is 1. The minimum Gasteiger partial charge on any atom is -0.339 e. The molecule has 6 rings (SSSR count). The van der Waals surface area contributed by atoms with E-state index in [4.69, 9.17) is 4.52 Å². The van der Waals surface area contributed by atoms with Crippen LogP contribution in [0.4, 0.5) is 14.9 Å². The summed E-state index contributed by atoms with van der Waals surface area (Å²) in [4.78, 5) is 24.1. The number of aromatic nitrogens is 3. The summed E-state index contributed by atoms with van der Waals surface area (Å²) in [7, 11) is 0. The highest BCUT2D eigenvalue weighted by Gasteiger charge is 2.45. The molecule has 3 aliphatic rings. The van der Waals surface area contributed by atoms with E-state index in [9.17, 15) is 14.4 Å². The Kier molecular flexibility index (Phi) is 5.47. The van der Waals surface area contributed by atoms with Crippen LogP contribution in [0.15, 0.2) is 41.1 Å². The summed E-state index contributed by atoms with van der Waals surface area (Å²) in [6, 6.07) is 11.4. The van der Waals surface area contributed by atoms with Crippen LogP contribution in [0.5, 0.6) is 0 Å². The van der Waals surface area contributed by atoms with Crippen molar-refractivity contribution in [3.05, 3.63) is 59.5 Å². The van der Waals surface area contributed by atoms with Gasteiger partial charge >= 0.3 is 6.03 Å². The van der Waals surface area contributed by atoms with Crippen LogP contribution in [0.25, 0.3) is 11.1 Å². The van der Waals surface area contributed by atoms with Gasteiger partial charge in [-0.1, -0.05) is 30.3 Å². The Hall–Kier alpha value is -3.80. The topological polar surface area (TPSA) is 108 Å². The van der Waals surface area contributed by atoms with E-state index in [1.807, 2.05) is 30.5 Å². The normalized spacial score (nSPS) is 22.6. The average molecular weight is 487 g/mol. The summed E-state index contributed by atoms with van der Waals surface area (Å²) in [6.07, 6.45) is 5.05. The highest BCUT2D eigenvalue weighted by molar-refractivity contribution is 5.96. The van der Waals surface area contributed by atoms with Crippen molar-refractivity contribution in [3.63, 3.8) is 0 Å². The Labute approximate surface area is 208 Å². The van der Waals surface area contributed by atoms with Crippen LogP contribution < -0.4 is 5.32 Å². The molecule has 0 unspecified atom stereocenters. The number of hydrogen-bond acceptors (Lipinski definition) is 6. The summed E-state index contributed by atoms with van der Waals surface area (Å²) in [5.41, 5.74) is 3.27. The number of piperidine rings is 1. The van der Waals surface area contributed by atoms with Gasteiger partial charge in [0, 0.05) is 47.4 Å². The van der Waals surface area contributed by atoms with Gasteiger partial charge in [-0.2, -0.15) is 10.2 Å². The monoisotopic (exact) mass is 486 g/mol. The maximum Gasteiger partial charge on any atom is 0.321 e. The van der Waals surface area contributed by atoms with Gasteiger partial charge in [0.25, 0.3) is 0 Å². The molecule has 36 heavy (non-hydrogen) atoms. The Balaban J connectivity index is 1.16. The smallest absolute Gasteiger partial charge is 0.321 e. The molecule has 2 aromatic heterocycles. The van der Waals surface area contributed by atoms with Crippen LogP contribution in [0.3, 0.4) is 0 Å². The van der Waals surface area contributed by atoms with Crippen molar-refractivity contribution in [1.82, 2.24) is 20.0 Å². The molecule has 2 atom stereocenters. The summed E-state index contributed by atoms with van der Waals surface area (Å²) in [5, 5.41) is 16.8. The van der Waals surface area contributed by atoms with Crippen molar-refractivity contribution in [3.8, 4) is 17.2 Å². The van der Waals surface area contributed by atoms with Crippen molar-refractivity contribution >= 4 is 11.7 Å². The van der Waals surface area contributed by atoms with Crippen molar-refractivity contribution in [1.29, 1.82) is 5.26 Å². The van der Waals surface area contributed by atoms with Crippen molar-refractivity contribution in [2.45, 2.75) is 62.5 Å². The molecule has 0 bridgehead atoms. The Morgan fingerprint density at radius 2 is 2.03 bits per heavy atom. The number of anilines is 1. The van der Waals surface area contributed by atoms with Crippen molar-refractivity contribution < 1.29 is 13.7 Å². The predicted octanol–water partition coefficient (Wildman–Crippen LogP) is 5.29. The maximum atomic E-state index is 13.4. The predicted molar refractivity (Wildman–Crippen MR) is 130 cm³/mol. The number of rotatable bonds is 5. The van der Waals surface area contributed by atoms with Gasteiger partial charge in [0.1, 0.15) is 12.2 Å². The third kappa shape index (κ3) is 4.21. The van der Waals surface area contributed by atoms with E-state index in [0.29, 0.717) is 61.2 Å². The molecule has 1 N–H and O–H groups in total. The zero-order valence-electron chi connectivity index (χ0n) is 20.1. The SMILES string of the molecule is CC1(c2noc([C@@H]3C[C@@H]3F)n2)CCN(C(=O)Nc2c(C#N)cccc2-c2ccc(C3CC3)nc2)CC1. The molecule has 1 saturated heterocycles. The Morgan fingerprint density at radius 3 is 2.67 bits per heavy atom. The molecule has 3 aromatic rings. The number of halogens is 1. The number of nitrogens with one attached hydrogen (secondary N) is 1. The Morgan fingerprint density at radius 1 is 1.25 bits per heavy atom. The first-order chi connectivity index (χ1) is 17.4. The van der Waals surface area contributed by atoms with Crippen molar-refractivity contribution in [2.75, 3.05) is 18.4 Å². The first-order valence-corrected chi connectivity index (χ1v) is 12.5. The average Bonchev–Trinajstić information content (AvgIpc) is 3.82. The van der Waals surface area contributed by atoms with Crippen molar-refractivity contribution in [2.24, 2.45) is 0 Å². The fourth-order valence-electron chi connectivity index (χ4n) is 4.87. The molecule has 3 fully saturated rings. The van der Waals surface area contributed by atoms with Gasteiger partial charge < -0.3 is 14.7 Å². The second-order valence-corrected chi connectivity index (χ2v) is 10.4. The van der Waals surface area contributed by atoms with E-state index in [0.717, 1.165) is 16.8 Å².